The molecule has 1 atom stereocenters. The summed E-state index contributed by atoms with van der Waals surface area (Å²) in [5, 5.41) is 8.76. The number of aliphatic hydroxyl groups excluding tert-OH is 1. The van der Waals surface area contributed by atoms with E-state index in [2.05, 4.69) is 0 Å². The summed E-state index contributed by atoms with van der Waals surface area (Å²) >= 11 is -0.194. The van der Waals surface area contributed by atoms with Gasteiger partial charge >= 0.3 is 5.51 Å². The lowest BCUT2D eigenvalue weighted by Crippen LogP contribution is -2.14. The summed E-state index contributed by atoms with van der Waals surface area (Å²) in [4.78, 5) is 0.0731. The normalized spacial score (nSPS) is 13.9. The maximum atomic E-state index is 12.0. The third-order valence-corrected chi connectivity index (χ3v) is 2.44. The lowest BCUT2D eigenvalue weighted by molar-refractivity contribution is -0.0328. The maximum absolute atomic E-state index is 12.0. The Bertz CT molecular complexity index is 329. The van der Waals surface area contributed by atoms with Crippen molar-refractivity contribution in [3.8, 4) is 0 Å². The van der Waals surface area contributed by atoms with Crippen LogP contribution in [0.4, 0.5) is 13.2 Å². The van der Waals surface area contributed by atoms with Gasteiger partial charge < -0.3 is 10.8 Å². The van der Waals surface area contributed by atoms with Gasteiger partial charge in [-0.2, -0.15) is 13.2 Å². The summed E-state index contributed by atoms with van der Waals surface area (Å²) in [6, 6.07) is 5.11. The van der Waals surface area contributed by atoms with Crippen LogP contribution in [0.1, 0.15) is 11.6 Å². The number of rotatable bonds is 3. The van der Waals surface area contributed by atoms with E-state index in [1.54, 1.807) is 6.07 Å². The van der Waals surface area contributed by atoms with E-state index in [9.17, 15) is 13.2 Å². The molecule has 1 rings (SSSR count). The molecule has 3 N–H and O–H groups in total. The zero-order valence-electron chi connectivity index (χ0n) is 7.66. The van der Waals surface area contributed by atoms with E-state index in [-0.39, 0.29) is 23.3 Å². The predicted molar refractivity (Wildman–Crippen MR) is 52.4 cm³/mol. The topological polar surface area (TPSA) is 46.2 Å². The van der Waals surface area contributed by atoms with Crippen molar-refractivity contribution < 1.29 is 18.3 Å². The number of hydrogen-bond acceptors (Lipinski definition) is 3. The molecule has 0 saturated heterocycles. The second-order valence-corrected chi connectivity index (χ2v) is 4.05. The van der Waals surface area contributed by atoms with Crippen LogP contribution in [0.15, 0.2) is 29.2 Å². The molecule has 84 valence electrons. The highest BCUT2D eigenvalue weighted by Gasteiger charge is 2.29. The van der Waals surface area contributed by atoms with Crippen molar-refractivity contribution in [3.05, 3.63) is 29.8 Å². The smallest absolute Gasteiger partial charge is 0.394 e. The molecule has 0 aliphatic heterocycles. The molecule has 0 spiro atoms. The molecule has 0 fully saturated rings. The van der Waals surface area contributed by atoms with Gasteiger partial charge in [0.05, 0.1) is 12.6 Å². The molecular weight excluding hydrogens is 227 g/mol. The van der Waals surface area contributed by atoms with Crippen molar-refractivity contribution in [1.82, 2.24) is 0 Å². The van der Waals surface area contributed by atoms with Crippen LogP contribution in [0.25, 0.3) is 0 Å². The van der Waals surface area contributed by atoms with E-state index in [0.29, 0.717) is 5.56 Å². The Morgan fingerprint density at radius 2 is 2.07 bits per heavy atom. The average molecular weight is 237 g/mol. The van der Waals surface area contributed by atoms with Gasteiger partial charge in [0.25, 0.3) is 0 Å². The zero-order valence-corrected chi connectivity index (χ0v) is 8.48. The van der Waals surface area contributed by atoms with Crippen LogP contribution in [0.3, 0.4) is 0 Å². The Morgan fingerprint density at radius 1 is 1.40 bits per heavy atom. The first-order chi connectivity index (χ1) is 6.92. The van der Waals surface area contributed by atoms with Gasteiger partial charge in [-0.05, 0) is 29.5 Å². The maximum Gasteiger partial charge on any atom is 0.446 e. The van der Waals surface area contributed by atoms with Crippen molar-refractivity contribution in [2.24, 2.45) is 5.73 Å². The zero-order chi connectivity index (χ0) is 11.5. The van der Waals surface area contributed by atoms with Crippen LogP contribution in [-0.2, 0) is 0 Å². The molecule has 0 heterocycles. The van der Waals surface area contributed by atoms with E-state index >= 15 is 0 Å². The monoisotopic (exact) mass is 237 g/mol. The van der Waals surface area contributed by atoms with Crippen molar-refractivity contribution in [1.29, 1.82) is 0 Å². The van der Waals surface area contributed by atoms with Crippen LogP contribution in [-0.4, -0.2) is 17.2 Å². The Kier molecular flexibility index (Phi) is 4.01. The molecule has 0 saturated carbocycles. The molecule has 0 bridgehead atoms. The second kappa shape index (κ2) is 4.87. The summed E-state index contributed by atoms with van der Waals surface area (Å²) in [7, 11) is 0. The van der Waals surface area contributed by atoms with E-state index in [0.717, 1.165) is 0 Å². The predicted octanol–water partition coefficient (Wildman–Crippen LogP) is 2.29. The molecule has 2 nitrogen and oxygen atoms in total. The minimum atomic E-state index is -4.30. The molecule has 0 unspecified atom stereocenters. The number of thioether (sulfide) groups is 1. The highest BCUT2D eigenvalue weighted by atomic mass is 32.2. The van der Waals surface area contributed by atoms with Gasteiger partial charge in [-0.25, -0.2) is 0 Å². The Hall–Kier alpha value is -0.720. The van der Waals surface area contributed by atoms with Gasteiger partial charge in [0.15, 0.2) is 0 Å². The highest BCUT2D eigenvalue weighted by Crippen LogP contribution is 2.37. The quantitative estimate of drug-likeness (QED) is 0.793. The van der Waals surface area contributed by atoms with Gasteiger partial charge in [-0.1, -0.05) is 12.1 Å². The molecule has 0 aliphatic rings. The minimum absolute atomic E-state index is 0.0731. The summed E-state index contributed by atoms with van der Waals surface area (Å²) in [6.45, 7) is -0.292. The molecule has 15 heavy (non-hydrogen) atoms. The summed E-state index contributed by atoms with van der Waals surface area (Å²) in [5.41, 5.74) is 1.68. The number of hydrogen-bond donors (Lipinski definition) is 2. The van der Waals surface area contributed by atoms with E-state index in [1.165, 1.54) is 18.2 Å². The van der Waals surface area contributed by atoms with E-state index < -0.39 is 11.6 Å². The van der Waals surface area contributed by atoms with Crippen LogP contribution in [0.5, 0.6) is 0 Å². The SMILES string of the molecule is N[C@H](CO)c1cccc(SC(F)(F)F)c1. The lowest BCUT2D eigenvalue weighted by atomic mass is 10.1. The van der Waals surface area contributed by atoms with Gasteiger partial charge in [-0.15, -0.1) is 0 Å². The molecule has 6 heteroatoms. The van der Waals surface area contributed by atoms with Crippen molar-refractivity contribution in [2.75, 3.05) is 6.61 Å². The number of alkyl halides is 3. The molecular formula is C9H10F3NOS. The molecule has 1 aromatic carbocycles. The highest BCUT2D eigenvalue weighted by molar-refractivity contribution is 8.00. The Balaban J connectivity index is 2.83. The van der Waals surface area contributed by atoms with Crippen molar-refractivity contribution in [3.63, 3.8) is 0 Å². The van der Waals surface area contributed by atoms with Crippen LogP contribution in [0.2, 0.25) is 0 Å². The largest absolute Gasteiger partial charge is 0.446 e. The fraction of sp³-hybridized carbons (Fsp3) is 0.333. The molecule has 0 radical (unpaired) electrons. The fourth-order valence-electron chi connectivity index (χ4n) is 1.05. The first-order valence-electron chi connectivity index (χ1n) is 4.14. The van der Waals surface area contributed by atoms with Crippen molar-refractivity contribution >= 4 is 11.8 Å². The number of benzene rings is 1. The first kappa shape index (κ1) is 12.4. The summed E-state index contributed by atoms with van der Waals surface area (Å²) in [5.74, 6) is 0. The third kappa shape index (κ3) is 4.11. The minimum Gasteiger partial charge on any atom is -0.394 e. The third-order valence-electron chi connectivity index (χ3n) is 1.72. The van der Waals surface area contributed by atoms with E-state index in [4.69, 9.17) is 10.8 Å². The van der Waals surface area contributed by atoms with Crippen LogP contribution >= 0.6 is 11.8 Å². The fourth-order valence-corrected chi connectivity index (χ4v) is 1.66. The lowest BCUT2D eigenvalue weighted by Gasteiger charge is -2.11. The number of nitrogens with two attached hydrogens (primary N) is 1. The molecule has 1 aromatic rings. The molecule has 0 aromatic heterocycles. The van der Waals surface area contributed by atoms with Gasteiger partial charge in [0.1, 0.15) is 0 Å². The molecule has 0 aliphatic carbocycles. The van der Waals surface area contributed by atoms with Crippen molar-refractivity contribution in [2.45, 2.75) is 16.4 Å². The molecule has 0 amide bonds. The van der Waals surface area contributed by atoms with Gasteiger partial charge in [-0.3, -0.25) is 0 Å². The summed E-state index contributed by atoms with van der Waals surface area (Å²) in [6.07, 6.45) is 0. The first-order valence-corrected chi connectivity index (χ1v) is 4.96. The average Bonchev–Trinajstić information content (AvgIpc) is 2.14. The van der Waals surface area contributed by atoms with Crippen LogP contribution < -0.4 is 5.73 Å². The Morgan fingerprint density at radius 3 is 2.60 bits per heavy atom. The summed E-state index contributed by atoms with van der Waals surface area (Å²) < 4.78 is 36.1. The second-order valence-electron chi connectivity index (χ2n) is 2.91. The van der Waals surface area contributed by atoms with Gasteiger partial charge in [0.2, 0.25) is 0 Å². The Labute approximate surface area is 89.3 Å². The number of aliphatic hydroxyl groups is 1. The van der Waals surface area contributed by atoms with E-state index in [1.807, 2.05) is 0 Å². The number of halogens is 3. The standard InChI is InChI=1S/C9H10F3NOS/c10-9(11,12)15-7-3-1-2-6(4-7)8(13)5-14/h1-4,8,14H,5,13H2/t8-/m1/s1. The van der Waals surface area contributed by atoms with Gasteiger partial charge in [0, 0.05) is 4.90 Å². The van der Waals surface area contributed by atoms with Crippen LogP contribution in [0, 0.1) is 0 Å².